The van der Waals surface area contributed by atoms with Crippen LogP contribution in [0.4, 0.5) is 22.0 Å². The van der Waals surface area contributed by atoms with Gasteiger partial charge in [-0.05, 0) is 72.3 Å². The molecule has 0 aliphatic heterocycles. The van der Waals surface area contributed by atoms with Crippen molar-refractivity contribution in [1.82, 2.24) is 0 Å². The number of rotatable bonds is 7. The van der Waals surface area contributed by atoms with Crippen molar-refractivity contribution in [3.63, 3.8) is 0 Å². The van der Waals surface area contributed by atoms with Gasteiger partial charge in [-0.2, -0.15) is 0 Å². The van der Waals surface area contributed by atoms with E-state index in [0.29, 0.717) is 11.5 Å². The summed E-state index contributed by atoms with van der Waals surface area (Å²) in [5.41, 5.74) is 1.91. The van der Waals surface area contributed by atoms with Crippen LogP contribution >= 0.6 is 0 Å². The minimum atomic E-state index is -5.15. The van der Waals surface area contributed by atoms with E-state index >= 15 is 0 Å². The van der Waals surface area contributed by atoms with Crippen LogP contribution in [0.5, 0.6) is 5.75 Å². The molecule has 31 heavy (non-hydrogen) atoms. The highest BCUT2D eigenvalue weighted by atomic mass is 19.4. The predicted molar refractivity (Wildman–Crippen MR) is 112 cm³/mol. The van der Waals surface area contributed by atoms with Gasteiger partial charge in [-0.15, -0.1) is 13.2 Å². The van der Waals surface area contributed by atoms with E-state index in [4.69, 9.17) is 0 Å². The number of benzene rings is 2. The molecule has 1 unspecified atom stereocenters. The van der Waals surface area contributed by atoms with Gasteiger partial charge in [0.05, 0.1) is 0 Å². The summed E-state index contributed by atoms with van der Waals surface area (Å²) in [6.45, 7) is 4.54. The van der Waals surface area contributed by atoms with Crippen molar-refractivity contribution in [2.24, 2.45) is 11.8 Å². The summed E-state index contributed by atoms with van der Waals surface area (Å²) in [7, 11) is 0. The SMILES string of the molecule is CCC(C)CCC1CCC(c2ccc(-c3cc(F)c(OC(F)(F)F)c(F)c3)cc2)CC1. The summed E-state index contributed by atoms with van der Waals surface area (Å²) in [5, 5.41) is 0. The number of halogens is 5. The minimum Gasteiger partial charge on any atom is -0.399 e. The molecule has 0 saturated heterocycles. The lowest BCUT2D eigenvalue weighted by Gasteiger charge is -2.29. The van der Waals surface area contributed by atoms with Crippen LogP contribution in [-0.2, 0) is 0 Å². The highest BCUT2D eigenvalue weighted by molar-refractivity contribution is 5.65. The predicted octanol–water partition coefficient (Wildman–Crippen LogP) is 8.63. The lowest BCUT2D eigenvalue weighted by Crippen LogP contribution is -2.19. The van der Waals surface area contributed by atoms with Gasteiger partial charge in [0.2, 0.25) is 5.75 Å². The Kier molecular flexibility index (Phi) is 7.60. The Morgan fingerprint density at radius 1 is 0.935 bits per heavy atom. The summed E-state index contributed by atoms with van der Waals surface area (Å²) in [6.07, 6.45) is 3.38. The van der Waals surface area contributed by atoms with Crippen molar-refractivity contribution >= 4 is 0 Å². The van der Waals surface area contributed by atoms with Crippen molar-refractivity contribution < 1.29 is 26.7 Å². The Morgan fingerprint density at radius 3 is 2.03 bits per heavy atom. The van der Waals surface area contributed by atoms with E-state index in [9.17, 15) is 22.0 Å². The van der Waals surface area contributed by atoms with E-state index < -0.39 is 23.7 Å². The van der Waals surface area contributed by atoms with Gasteiger partial charge in [0, 0.05) is 0 Å². The van der Waals surface area contributed by atoms with Crippen LogP contribution in [0.3, 0.4) is 0 Å². The normalized spacial score (nSPS) is 20.5. The Bertz CT molecular complexity index is 828. The number of hydrogen-bond donors (Lipinski definition) is 0. The lowest BCUT2D eigenvalue weighted by atomic mass is 9.76. The van der Waals surface area contributed by atoms with Crippen LogP contribution in [-0.4, -0.2) is 6.36 Å². The summed E-state index contributed by atoms with van der Waals surface area (Å²) < 4.78 is 68.4. The summed E-state index contributed by atoms with van der Waals surface area (Å²) in [5.74, 6) is -2.14. The molecular weight excluding hydrogens is 411 g/mol. The van der Waals surface area contributed by atoms with E-state index in [0.717, 1.165) is 36.8 Å². The zero-order chi connectivity index (χ0) is 22.6. The van der Waals surface area contributed by atoms with Crippen molar-refractivity contribution in [3.05, 3.63) is 53.6 Å². The fraction of sp³-hybridized carbons (Fsp3) is 0.520. The minimum absolute atomic E-state index is 0.171. The third kappa shape index (κ3) is 6.44. The van der Waals surface area contributed by atoms with Gasteiger partial charge in [0.1, 0.15) is 0 Å². The first-order chi connectivity index (χ1) is 14.7. The fourth-order valence-electron chi connectivity index (χ4n) is 4.40. The maximum absolute atomic E-state index is 14.0. The van der Waals surface area contributed by atoms with E-state index in [1.165, 1.54) is 37.7 Å². The van der Waals surface area contributed by atoms with Gasteiger partial charge in [-0.25, -0.2) is 8.78 Å². The quantitative estimate of drug-likeness (QED) is 0.392. The molecule has 1 aliphatic carbocycles. The molecule has 3 rings (SSSR count). The molecule has 2 aromatic rings. The van der Waals surface area contributed by atoms with E-state index in [-0.39, 0.29) is 5.56 Å². The highest BCUT2D eigenvalue weighted by Gasteiger charge is 2.34. The first-order valence-corrected chi connectivity index (χ1v) is 11.0. The first kappa shape index (κ1) is 23.6. The maximum atomic E-state index is 14.0. The fourth-order valence-corrected chi connectivity index (χ4v) is 4.40. The molecule has 0 amide bonds. The molecule has 1 aliphatic rings. The van der Waals surface area contributed by atoms with Crippen LogP contribution in [0, 0.1) is 23.5 Å². The Hall–Kier alpha value is -2.11. The first-order valence-electron chi connectivity index (χ1n) is 11.0. The van der Waals surface area contributed by atoms with Crippen molar-refractivity contribution in [1.29, 1.82) is 0 Å². The third-order valence-electron chi connectivity index (χ3n) is 6.54. The van der Waals surface area contributed by atoms with Gasteiger partial charge in [-0.1, -0.05) is 57.4 Å². The zero-order valence-electron chi connectivity index (χ0n) is 17.9. The van der Waals surface area contributed by atoms with Crippen LogP contribution in [0.2, 0.25) is 0 Å². The van der Waals surface area contributed by atoms with Crippen LogP contribution in [0.1, 0.15) is 70.3 Å². The van der Waals surface area contributed by atoms with Crippen molar-refractivity contribution in [3.8, 4) is 16.9 Å². The third-order valence-corrected chi connectivity index (χ3v) is 6.54. The van der Waals surface area contributed by atoms with Crippen molar-refractivity contribution in [2.45, 2.75) is 71.1 Å². The second-order valence-electron chi connectivity index (χ2n) is 8.75. The summed E-state index contributed by atoms with van der Waals surface area (Å²) in [4.78, 5) is 0. The smallest absolute Gasteiger partial charge is 0.399 e. The van der Waals surface area contributed by atoms with E-state index in [1.54, 1.807) is 12.1 Å². The number of alkyl halides is 3. The van der Waals surface area contributed by atoms with Gasteiger partial charge in [-0.3, -0.25) is 0 Å². The molecule has 0 heterocycles. The largest absolute Gasteiger partial charge is 0.573 e. The molecule has 6 heteroatoms. The van der Waals surface area contributed by atoms with Crippen LogP contribution in [0.25, 0.3) is 11.1 Å². The molecule has 0 radical (unpaired) electrons. The molecule has 170 valence electrons. The molecule has 1 nitrogen and oxygen atoms in total. The average molecular weight is 440 g/mol. The Morgan fingerprint density at radius 2 is 1.52 bits per heavy atom. The van der Waals surface area contributed by atoms with Gasteiger partial charge < -0.3 is 4.74 Å². The highest BCUT2D eigenvalue weighted by Crippen LogP contribution is 2.39. The Labute approximate surface area is 180 Å². The van der Waals surface area contributed by atoms with E-state index in [2.05, 4.69) is 18.6 Å². The summed E-state index contributed by atoms with van der Waals surface area (Å²) >= 11 is 0. The molecule has 0 aromatic heterocycles. The molecule has 1 atom stereocenters. The molecular formula is C25H29F5O. The Balaban J connectivity index is 1.63. The topological polar surface area (TPSA) is 9.23 Å². The summed E-state index contributed by atoms with van der Waals surface area (Å²) in [6, 6.07) is 9.17. The molecule has 0 bridgehead atoms. The number of hydrogen-bond acceptors (Lipinski definition) is 1. The van der Waals surface area contributed by atoms with Crippen molar-refractivity contribution in [2.75, 3.05) is 0 Å². The number of ether oxygens (including phenoxy) is 1. The van der Waals surface area contributed by atoms with Gasteiger partial charge in [0.15, 0.2) is 11.6 Å². The molecule has 0 spiro atoms. The zero-order valence-corrected chi connectivity index (χ0v) is 17.9. The maximum Gasteiger partial charge on any atom is 0.573 e. The molecule has 0 N–H and O–H groups in total. The molecule has 1 fully saturated rings. The average Bonchev–Trinajstić information content (AvgIpc) is 2.74. The molecule has 1 saturated carbocycles. The second kappa shape index (κ2) is 10.0. The second-order valence-corrected chi connectivity index (χ2v) is 8.75. The van der Waals surface area contributed by atoms with Gasteiger partial charge >= 0.3 is 6.36 Å². The van der Waals surface area contributed by atoms with Gasteiger partial charge in [0.25, 0.3) is 0 Å². The van der Waals surface area contributed by atoms with E-state index in [1.807, 2.05) is 12.1 Å². The van der Waals surface area contributed by atoms with Crippen LogP contribution in [0.15, 0.2) is 36.4 Å². The molecule has 2 aromatic carbocycles. The standard InChI is InChI=1S/C25H29F5O/c1-3-16(2)4-5-17-6-8-18(9-7-17)19-10-12-20(13-11-19)21-14-22(26)24(23(27)15-21)31-25(28,29)30/h10-18H,3-9H2,1-2H3. The monoisotopic (exact) mass is 440 g/mol. The lowest BCUT2D eigenvalue weighted by molar-refractivity contribution is -0.276. The van der Waals surface area contributed by atoms with Crippen LogP contribution < -0.4 is 4.74 Å².